The van der Waals surface area contributed by atoms with Crippen LogP contribution >= 0.6 is 0 Å². The molecule has 0 bridgehead atoms. The summed E-state index contributed by atoms with van der Waals surface area (Å²) >= 11 is 0. The zero-order chi connectivity index (χ0) is 13.3. The van der Waals surface area contributed by atoms with Crippen LogP contribution in [-0.2, 0) is 9.53 Å². The molecule has 1 heterocycles. The molecule has 94 valence electrons. The Morgan fingerprint density at radius 3 is 2.89 bits per heavy atom. The van der Waals surface area contributed by atoms with Crippen molar-refractivity contribution >= 4 is 22.6 Å². The fourth-order valence-electron chi connectivity index (χ4n) is 1.72. The minimum absolute atomic E-state index is 0.0404. The van der Waals surface area contributed by atoms with Gasteiger partial charge in [-0.3, -0.25) is 14.8 Å². The van der Waals surface area contributed by atoms with Crippen molar-refractivity contribution in [2.45, 2.75) is 13.0 Å². The Bertz CT molecular complexity index is 620. The predicted octanol–water partition coefficient (Wildman–Crippen LogP) is 1.68. The first-order valence-electron chi connectivity index (χ1n) is 5.24. The maximum atomic E-state index is 11.5. The highest BCUT2D eigenvalue weighted by Gasteiger charge is 2.19. The molecule has 0 fully saturated rings. The number of carbonyl (C=O) groups is 1. The topological polar surface area (TPSA) is 87.3 Å². The quantitative estimate of drug-likeness (QED) is 0.469. The van der Waals surface area contributed by atoms with E-state index in [0.29, 0.717) is 5.52 Å². The first kappa shape index (κ1) is 12.0. The molecule has 1 aromatic carbocycles. The third kappa shape index (κ3) is 1.90. The second-order valence-corrected chi connectivity index (χ2v) is 3.79. The van der Waals surface area contributed by atoms with Crippen LogP contribution in [0.4, 0.5) is 5.69 Å². The number of non-ortho nitro benzene ring substituents is 1. The van der Waals surface area contributed by atoms with Gasteiger partial charge in [0.1, 0.15) is 6.04 Å². The number of fused-ring (bicyclic) bond motifs is 1. The van der Waals surface area contributed by atoms with Gasteiger partial charge in [0.25, 0.3) is 5.69 Å². The van der Waals surface area contributed by atoms with Gasteiger partial charge in [-0.2, -0.15) is 5.10 Å². The van der Waals surface area contributed by atoms with Crippen LogP contribution in [0.25, 0.3) is 10.9 Å². The molecule has 0 spiro atoms. The third-order valence-electron chi connectivity index (χ3n) is 2.70. The number of hydrogen-bond acceptors (Lipinski definition) is 5. The molecule has 7 heteroatoms. The van der Waals surface area contributed by atoms with Crippen molar-refractivity contribution in [3.63, 3.8) is 0 Å². The Morgan fingerprint density at radius 2 is 2.28 bits per heavy atom. The van der Waals surface area contributed by atoms with Crippen LogP contribution < -0.4 is 0 Å². The molecule has 0 amide bonds. The molecule has 2 rings (SSSR count). The summed E-state index contributed by atoms with van der Waals surface area (Å²) in [5.41, 5.74) is 0.489. The molecule has 7 nitrogen and oxygen atoms in total. The predicted molar refractivity (Wildman–Crippen MR) is 63.1 cm³/mol. The molecule has 18 heavy (non-hydrogen) atoms. The Labute approximate surface area is 102 Å². The molecule has 0 unspecified atom stereocenters. The van der Waals surface area contributed by atoms with Crippen LogP contribution in [-0.4, -0.2) is 27.8 Å². The number of methoxy groups -OCH3 is 1. The zero-order valence-corrected chi connectivity index (χ0v) is 9.86. The number of esters is 1. The summed E-state index contributed by atoms with van der Waals surface area (Å²) in [4.78, 5) is 21.7. The Kier molecular flexibility index (Phi) is 2.97. The van der Waals surface area contributed by atoms with Crippen LogP contribution in [0.1, 0.15) is 13.0 Å². The highest BCUT2D eigenvalue weighted by molar-refractivity contribution is 5.83. The van der Waals surface area contributed by atoms with Gasteiger partial charge in [-0.15, -0.1) is 0 Å². The maximum absolute atomic E-state index is 11.5. The maximum Gasteiger partial charge on any atom is 0.330 e. The molecule has 1 atom stereocenters. The van der Waals surface area contributed by atoms with E-state index in [1.807, 2.05) is 0 Å². The molecule has 0 N–H and O–H groups in total. The van der Waals surface area contributed by atoms with Gasteiger partial charge in [0.15, 0.2) is 0 Å². The molecule has 0 radical (unpaired) electrons. The number of benzene rings is 1. The van der Waals surface area contributed by atoms with E-state index in [1.165, 1.54) is 23.9 Å². The van der Waals surface area contributed by atoms with E-state index in [2.05, 4.69) is 9.84 Å². The van der Waals surface area contributed by atoms with Gasteiger partial charge in [0.05, 0.1) is 23.7 Å². The van der Waals surface area contributed by atoms with Gasteiger partial charge in [0, 0.05) is 17.5 Å². The normalized spacial score (nSPS) is 12.3. The number of carbonyl (C=O) groups excluding carboxylic acids is 1. The van der Waals surface area contributed by atoms with E-state index in [9.17, 15) is 14.9 Å². The molecular weight excluding hydrogens is 238 g/mol. The molecular formula is C11H11N3O4. The van der Waals surface area contributed by atoms with E-state index in [0.717, 1.165) is 5.39 Å². The van der Waals surface area contributed by atoms with Crippen molar-refractivity contribution in [3.05, 3.63) is 34.5 Å². The molecule has 0 saturated carbocycles. The first-order chi connectivity index (χ1) is 8.54. The number of aromatic nitrogens is 2. The van der Waals surface area contributed by atoms with Gasteiger partial charge in [0.2, 0.25) is 0 Å². The summed E-state index contributed by atoms with van der Waals surface area (Å²) in [5.74, 6) is -0.452. The van der Waals surface area contributed by atoms with Crippen LogP contribution in [0.5, 0.6) is 0 Å². The van der Waals surface area contributed by atoms with Crippen molar-refractivity contribution in [1.29, 1.82) is 0 Å². The molecule has 1 aromatic heterocycles. The van der Waals surface area contributed by atoms with Crippen molar-refractivity contribution < 1.29 is 14.5 Å². The standard InChI is InChI=1S/C11H11N3O4/c1-7(11(15)18-2)13-10-5-9(14(16)17)4-3-8(10)6-12-13/h3-7H,1-2H3/t7-/m1/s1. The van der Waals surface area contributed by atoms with Gasteiger partial charge in [-0.25, -0.2) is 4.79 Å². The van der Waals surface area contributed by atoms with Gasteiger partial charge in [-0.05, 0) is 13.0 Å². The molecule has 0 aliphatic rings. The first-order valence-corrected chi connectivity index (χ1v) is 5.24. The summed E-state index contributed by atoms with van der Waals surface area (Å²) in [7, 11) is 1.28. The fraction of sp³-hybridized carbons (Fsp3) is 0.273. The summed E-state index contributed by atoms with van der Waals surface area (Å²) in [6, 6.07) is 3.76. The Balaban J connectivity index is 2.55. The van der Waals surface area contributed by atoms with Crippen LogP contribution in [0.15, 0.2) is 24.4 Å². The smallest absolute Gasteiger partial charge is 0.330 e. The number of nitro benzene ring substituents is 1. The number of rotatable bonds is 3. The lowest BCUT2D eigenvalue weighted by Crippen LogP contribution is -2.18. The number of hydrogen-bond donors (Lipinski definition) is 0. The van der Waals surface area contributed by atoms with Crippen molar-refractivity contribution in [1.82, 2.24) is 9.78 Å². The summed E-state index contributed by atoms with van der Waals surface area (Å²) in [5, 5.41) is 15.5. The Morgan fingerprint density at radius 1 is 1.56 bits per heavy atom. The monoisotopic (exact) mass is 249 g/mol. The largest absolute Gasteiger partial charge is 0.467 e. The number of nitro groups is 1. The van der Waals surface area contributed by atoms with Crippen LogP contribution in [0.2, 0.25) is 0 Å². The lowest BCUT2D eigenvalue weighted by atomic mass is 10.2. The van der Waals surface area contributed by atoms with Crippen LogP contribution in [0, 0.1) is 10.1 Å². The Hall–Kier alpha value is -2.44. The van der Waals surface area contributed by atoms with Crippen molar-refractivity contribution in [2.24, 2.45) is 0 Å². The van der Waals surface area contributed by atoms with E-state index < -0.39 is 16.9 Å². The minimum atomic E-state index is -0.630. The molecule has 0 aliphatic carbocycles. The van der Waals surface area contributed by atoms with E-state index in [-0.39, 0.29) is 5.69 Å². The van der Waals surface area contributed by atoms with Gasteiger partial charge in [-0.1, -0.05) is 0 Å². The lowest BCUT2D eigenvalue weighted by molar-refractivity contribution is -0.384. The highest BCUT2D eigenvalue weighted by atomic mass is 16.6. The van der Waals surface area contributed by atoms with E-state index >= 15 is 0 Å². The third-order valence-corrected chi connectivity index (χ3v) is 2.70. The average molecular weight is 249 g/mol. The van der Waals surface area contributed by atoms with Crippen molar-refractivity contribution in [3.8, 4) is 0 Å². The second-order valence-electron chi connectivity index (χ2n) is 3.79. The molecule has 0 saturated heterocycles. The summed E-state index contributed by atoms with van der Waals surface area (Å²) in [6.45, 7) is 1.62. The zero-order valence-electron chi connectivity index (χ0n) is 9.86. The van der Waals surface area contributed by atoms with Gasteiger partial charge < -0.3 is 4.74 Å². The number of nitrogens with zero attached hydrogens (tertiary/aromatic N) is 3. The average Bonchev–Trinajstić information content (AvgIpc) is 2.79. The minimum Gasteiger partial charge on any atom is -0.467 e. The second kappa shape index (κ2) is 4.44. The van der Waals surface area contributed by atoms with E-state index in [4.69, 9.17) is 0 Å². The summed E-state index contributed by atoms with van der Waals surface area (Å²) < 4.78 is 6.04. The lowest BCUT2D eigenvalue weighted by Gasteiger charge is -2.10. The summed E-state index contributed by atoms with van der Waals surface area (Å²) in [6.07, 6.45) is 1.55. The van der Waals surface area contributed by atoms with Gasteiger partial charge >= 0.3 is 5.97 Å². The van der Waals surface area contributed by atoms with Crippen molar-refractivity contribution in [2.75, 3.05) is 7.11 Å². The number of ether oxygens (including phenoxy) is 1. The molecule has 0 aliphatic heterocycles. The van der Waals surface area contributed by atoms with Crippen LogP contribution in [0.3, 0.4) is 0 Å². The fourth-order valence-corrected chi connectivity index (χ4v) is 1.72. The molecule has 2 aromatic rings. The SMILES string of the molecule is COC(=O)[C@@H](C)n1ncc2ccc([N+](=O)[O-])cc21. The van der Waals surface area contributed by atoms with E-state index in [1.54, 1.807) is 19.2 Å². The highest BCUT2D eigenvalue weighted by Crippen LogP contribution is 2.23.